The molecule has 0 amide bonds. The molecule has 1 aliphatic rings. The minimum atomic E-state index is -0.961. The van der Waals surface area contributed by atoms with E-state index in [-0.39, 0.29) is 5.69 Å². The topological polar surface area (TPSA) is 63.1 Å². The van der Waals surface area contributed by atoms with E-state index in [0.29, 0.717) is 17.3 Å². The quantitative estimate of drug-likeness (QED) is 0.906. The maximum absolute atomic E-state index is 11.1. The Morgan fingerprint density at radius 1 is 1.32 bits per heavy atom. The van der Waals surface area contributed by atoms with E-state index in [2.05, 4.69) is 23.8 Å². The molecule has 1 N–H and O–H groups in total. The van der Waals surface area contributed by atoms with E-state index < -0.39 is 5.97 Å². The highest BCUT2D eigenvalue weighted by atomic mass is 16.4. The van der Waals surface area contributed by atoms with Crippen molar-refractivity contribution in [3.63, 3.8) is 0 Å². The summed E-state index contributed by atoms with van der Waals surface area (Å²) >= 11 is 0. The summed E-state index contributed by atoms with van der Waals surface area (Å²) in [6, 6.07) is 0. The Morgan fingerprint density at radius 2 is 1.95 bits per heavy atom. The van der Waals surface area contributed by atoms with Crippen molar-refractivity contribution in [1.29, 1.82) is 0 Å². The molecule has 0 aliphatic heterocycles. The van der Waals surface area contributed by atoms with Gasteiger partial charge in [-0.25, -0.2) is 14.8 Å². The van der Waals surface area contributed by atoms with Gasteiger partial charge >= 0.3 is 5.97 Å². The Labute approximate surface area is 114 Å². The Morgan fingerprint density at radius 3 is 2.47 bits per heavy atom. The maximum atomic E-state index is 11.1. The summed E-state index contributed by atoms with van der Waals surface area (Å²) in [7, 11) is 0. The van der Waals surface area contributed by atoms with Crippen LogP contribution in [0.5, 0.6) is 0 Å². The lowest BCUT2D eigenvalue weighted by Crippen LogP contribution is -2.20. The summed E-state index contributed by atoms with van der Waals surface area (Å²) < 4.78 is 0. The van der Waals surface area contributed by atoms with Crippen molar-refractivity contribution in [1.82, 2.24) is 9.97 Å². The van der Waals surface area contributed by atoms with Crippen LogP contribution in [0, 0.1) is 18.8 Å². The predicted octanol–water partition coefficient (Wildman–Crippen LogP) is 3.41. The van der Waals surface area contributed by atoms with E-state index in [4.69, 9.17) is 5.11 Å². The van der Waals surface area contributed by atoms with Gasteiger partial charge in [0, 0.05) is 17.7 Å². The first-order chi connectivity index (χ1) is 8.99. The van der Waals surface area contributed by atoms with Crippen molar-refractivity contribution in [2.75, 3.05) is 0 Å². The van der Waals surface area contributed by atoms with Gasteiger partial charge in [-0.05, 0) is 44.4 Å². The van der Waals surface area contributed by atoms with E-state index in [0.717, 1.165) is 24.7 Å². The third-order valence-electron chi connectivity index (χ3n) is 4.27. The van der Waals surface area contributed by atoms with Gasteiger partial charge in [0.15, 0.2) is 5.69 Å². The Hall–Kier alpha value is -1.45. The van der Waals surface area contributed by atoms with Crippen LogP contribution in [0.15, 0.2) is 6.20 Å². The summed E-state index contributed by atoms with van der Waals surface area (Å²) in [4.78, 5) is 19.7. The van der Waals surface area contributed by atoms with Crippen LogP contribution in [0.4, 0.5) is 0 Å². The molecule has 0 atom stereocenters. The average molecular weight is 262 g/mol. The fourth-order valence-corrected chi connectivity index (χ4v) is 2.91. The monoisotopic (exact) mass is 262 g/mol. The minimum absolute atomic E-state index is 0.149. The third kappa shape index (κ3) is 3.11. The molecule has 0 radical (unpaired) electrons. The molecule has 1 aromatic heterocycles. The van der Waals surface area contributed by atoms with Crippen LogP contribution in [-0.4, -0.2) is 21.0 Å². The van der Waals surface area contributed by atoms with Crippen molar-refractivity contribution in [3.8, 4) is 0 Å². The molecule has 1 aliphatic carbocycles. The summed E-state index contributed by atoms with van der Waals surface area (Å²) in [5.74, 6) is 1.60. The molecular formula is C15H22N2O2. The summed E-state index contributed by atoms with van der Waals surface area (Å²) in [6.45, 7) is 6.29. The molecule has 2 rings (SSSR count). The van der Waals surface area contributed by atoms with Crippen molar-refractivity contribution in [2.45, 2.75) is 52.4 Å². The Kier molecular flexibility index (Phi) is 4.17. The second kappa shape index (κ2) is 5.68. The van der Waals surface area contributed by atoms with Gasteiger partial charge in [0.25, 0.3) is 0 Å². The van der Waals surface area contributed by atoms with Gasteiger partial charge in [-0.1, -0.05) is 13.8 Å². The van der Waals surface area contributed by atoms with Crippen LogP contribution >= 0.6 is 0 Å². The number of aryl methyl sites for hydroxylation is 1. The fraction of sp³-hybridized carbons (Fsp3) is 0.667. The summed E-state index contributed by atoms with van der Waals surface area (Å²) in [6.07, 6.45) is 6.18. The van der Waals surface area contributed by atoms with Crippen LogP contribution < -0.4 is 0 Å². The summed E-state index contributed by atoms with van der Waals surface area (Å²) in [5.41, 5.74) is 0.781. The number of hydrogen-bond acceptors (Lipinski definition) is 3. The standard InChI is InChI=1S/C15H22N2O2/c1-9(2)11-4-6-12(7-5-11)14-16-8-10(3)13(17-14)15(18)19/h8-9,11-12H,4-7H2,1-3H3,(H,18,19). The number of aromatic carboxylic acids is 1. The Balaban J connectivity index is 2.12. The molecule has 0 bridgehead atoms. The van der Waals surface area contributed by atoms with Crippen LogP contribution in [0.2, 0.25) is 0 Å². The molecule has 0 spiro atoms. The number of aromatic nitrogens is 2. The number of carboxylic acid groups (broad SMARTS) is 1. The first kappa shape index (κ1) is 14.0. The van der Waals surface area contributed by atoms with Crippen molar-refractivity contribution in [3.05, 3.63) is 23.3 Å². The van der Waals surface area contributed by atoms with Gasteiger partial charge < -0.3 is 5.11 Å². The number of carboxylic acids is 1. The highest BCUT2D eigenvalue weighted by molar-refractivity contribution is 5.86. The van der Waals surface area contributed by atoms with Gasteiger partial charge in [-0.3, -0.25) is 0 Å². The van der Waals surface area contributed by atoms with Crippen molar-refractivity contribution >= 4 is 5.97 Å². The normalized spacial score (nSPS) is 23.6. The summed E-state index contributed by atoms with van der Waals surface area (Å²) in [5, 5.41) is 9.11. The van der Waals surface area contributed by atoms with Crippen LogP contribution in [0.25, 0.3) is 0 Å². The zero-order valence-electron chi connectivity index (χ0n) is 11.9. The molecule has 0 saturated heterocycles. The molecule has 1 saturated carbocycles. The van der Waals surface area contributed by atoms with E-state index in [9.17, 15) is 4.79 Å². The molecule has 104 valence electrons. The van der Waals surface area contributed by atoms with E-state index in [1.807, 2.05) is 0 Å². The van der Waals surface area contributed by atoms with E-state index in [1.165, 1.54) is 12.8 Å². The number of hydrogen-bond donors (Lipinski definition) is 1. The lowest BCUT2D eigenvalue weighted by molar-refractivity contribution is 0.0688. The van der Waals surface area contributed by atoms with Gasteiger partial charge in [-0.2, -0.15) is 0 Å². The molecule has 1 aromatic rings. The van der Waals surface area contributed by atoms with Crippen molar-refractivity contribution in [2.24, 2.45) is 11.8 Å². The number of nitrogens with zero attached hydrogens (tertiary/aromatic N) is 2. The second-order valence-corrected chi connectivity index (χ2v) is 5.92. The van der Waals surface area contributed by atoms with Gasteiger partial charge in [0.1, 0.15) is 5.82 Å². The molecular weight excluding hydrogens is 240 g/mol. The molecule has 0 unspecified atom stereocenters. The Bertz CT molecular complexity index is 463. The highest BCUT2D eigenvalue weighted by Crippen LogP contribution is 2.37. The first-order valence-corrected chi connectivity index (χ1v) is 7.06. The van der Waals surface area contributed by atoms with Crippen LogP contribution in [0.3, 0.4) is 0 Å². The van der Waals surface area contributed by atoms with Crippen LogP contribution in [-0.2, 0) is 0 Å². The van der Waals surface area contributed by atoms with E-state index >= 15 is 0 Å². The smallest absolute Gasteiger partial charge is 0.354 e. The largest absolute Gasteiger partial charge is 0.477 e. The molecule has 0 aromatic carbocycles. The molecule has 4 heteroatoms. The zero-order valence-corrected chi connectivity index (χ0v) is 11.9. The van der Waals surface area contributed by atoms with Gasteiger partial charge in [0.2, 0.25) is 0 Å². The van der Waals surface area contributed by atoms with Gasteiger partial charge in [0.05, 0.1) is 0 Å². The van der Waals surface area contributed by atoms with Crippen molar-refractivity contribution < 1.29 is 9.90 Å². The lowest BCUT2D eigenvalue weighted by atomic mass is 9.76. The van der Waals surface area contributed by atoms with E-state index in [1.54, 1.807) is 13.1 Å². The number of carbonyl (C=O) groups is 1. The average Bonchev–Trinajstić information content (AvgIpc) is 2.39. The second-order valence-electron chi connectivity index (χ2n) is 5.92. The molecule has 1 fully saturated rings. The maximum Gasteiger partial charge on any atom is 0.354 e. The number of rotatable bonds is 3. The fourth-order valence-electron chi connectivity index (χ4n) is 2.91. The third-order valence-corrected chi connectivity index (χ3v) is 4.27. The highest BCUT2D eigenvalue weighted by Gasteiger charge is 2.26. The molecule has 4 nitrogen and oxygen atoms in total. The predicted molar refractivity (Wildman–Crippen MR) is 73.3 cm³/mol. The molecule has 1 heterocycles. The first-order valence-electron chi connectivity index (χ1n) is 7.06. The van der Waals surface area contributed by atoms with Crippen LogP contribution in [0.1, 0.15) is 67.3 Å². The minimum Gasteiger partial charge on any atom is -0.477 e. The SMILES string of the molecule is Cc1cnc(C2CCC(C(C)C)CC2)nc1C(=O)O. The zero-order chi connectivity index (χ0) is 14.0. The molecule has 19 heavy (non-hydrogen) atoms. The lowest BCUT2D eigenvalue weighted by Gasteiger charge is -2.30. The van der Waals surface area contributed by atoms with Gasteiger partial charge in [-0.15, -0.1) is 0 Å².